The smallest absolute Gasteiger partial charge is 0.326 e. The third-order valence-electron chi connectivity index (χ3n) is 7.63. The number of hydrogen-bond donors (Lipinski definition) is 3. The molecule has 1 amide bonds. The topological polar surface area (TPSA) is 104 Å². The van der Waals surface area contributed by atoms with Crippen molar-refractivity contribution in [3.8, 4) is 5.75 Å². The van der Waals surface area contributed by atoms with E-state index in [1.54, 1.807) is 19.2 Å². The summed E-state index contributed by atoms with van der Waals surface area (Å²) in [5.41, 5.74) is 4.98. The molecule has 0 saturated carbocycles. The van der Waals surface area contributed by atoms with E-state index in [1.165, 1.54) is 5.39 Å². The van der Waals surface area contributed by atoms with Crippen molar-refractivity contribution in [2.24, 2.45) is 5.92 Å². The zero-order chi connectivity index (χ0) is 28.1. The molecule has 1 aliphatic rings. The molecule has 8 heteroatoms. The minimum atomic E-state index is -1.02. The van der Waals surface area contributed by atoms with Crippen LogP contribution in [-0.4, -0.2) is 59.3 Å². The minimum absolute atomic E-state index is 0.0973. The van der Waals surface area contributed by atoms with Gasteiger partial charge >= 0.3 is 5.97 Å². The summed E-state index contributed by atoms with van der Waals surface area (Å²) < 4.78 is 11.8. The van der Waals surface area contributed by atoms with Crippen molar-refractivity contribution in [1.29, 1.82) is 0 Å². The number of carboxylic acid groups (broad SMARTS) is 1. The van der Waals surface area contributed by atoms with Crippen molar-refractivity contribution in [2.75, 3.05) is 20.3 Å². The van der Waals surface area contributed by atoms with Crippen LogP contribution in [0, 0.1) is 12.8 Å². The first kappa shape index (κ1) is 28.6. The first-order valence-electron chi connectivity index (χ1n) is 13.8. The standard InChI is InChI=1S/C31H41N3O5/c1-6-39-23-12-14-34(18-25-24-11-13-32-29(24)20(4)16-28(25)38-5)27(17-23)21-7-9-22(10-8-21)30(35)33-26(31(36)37)15-19(2)3/h7-11,13,16,19,23,26-27,32H,6,12,14-15,17-18H2,1-5H3,(H,33,35)(H,36,37)/t23-,26+,27+/m1/s1. The summed E-state index contributed by atoms with van der Waals surface area (Å²) in [5, 5.41) is 13.4. The van der Waals surface area contributed by atoms with Crippen molar-refractivity contribution in [2.45, 2.75) is 71.7 Å². The van der Waals surface area contributed by atoms with E-state index in [9.17, 15) is 14.7 Å². The van der Waals surface area contributed by atoms with E-state index in [0.717, 1.165) is 53.9 Å². The van der Waals surface area contributed by atoms with Gasteiger partial charge in [-0.25, -0.2) is 4.79 Å². The van der Waals surface area contributed by atoms with E-state index in [-0.39, 0.29) is 24.0 Å². The molecule has 0 aliphatic carbocycles. The van der Waals surface area contributed by atoms with Crippen molar-refractivity contribution >= 4 is 22.8 Å². The molecule has 2 heterocycles. The van der Waals surface area contributed by atoms with Gasteiger partial charge in [-0.15, -0.1) is 0 Å². The van der Waals surface area contributed by atoms with Crippen LogP contribution in [0.15, 0.2) is 42.6 Å². The average Bonchev–Trinajstić information content (AvgIpc) is 3.41. The fourth-order valence-corrected chi connectivity index (χ4v) is 5.68. The SMILES string of the molecule is CCO[C@@H]1CCN(Cc2c(OC)cc(C)c3[nH]ccc23)[C@H](c2ccc(C(=O)N[C@@H](CC(C)C)C(=O)O)cc2)C1. The Hall–Kier alpha value is -3.36. The number of methoxy groups -OCH3 is 1. The monoisotopic (exact) mass is 535 g/mol. The second kappa shape index (κ2) is 12.7. The van der Waals surface area contributed by atoms with Gasteiger partial charge in [0.1, 0.15) is 11.8 Å². The highest BCUT2D eigenvalue weighted by Gasteiger charge is 2.31. The Bertz CT molecular complexity index is 1280. The lowest BCUT2D eigenvalue weighted by atomic mass is 9.91. The summed E-state index contributed by atoms with van der Waals surface area (Å²) in [6.07, 6.45) is 4.31. The number of aliphatic carboxylic acids is 1. The Morgan fingerprint density at radius 3 is 2.59 bits per heavy atom. The molecule has 3 N–H and O–H groups in total. The van der Waals surface area contributed by atoms with Gasteiger partial charge < -0.3 is 24.9 Å². The van der Waals surface area contributed by atoms with E-state index in [2.05, 4.69) is 34.3 Å². The number of nitrogens with zero attached hydrogens (tertiary/aromatic N) is 1. The molecule has 3 atom stereocenters. The van der Waals surface area contributed by atoms with Gasteiger partial charge in [0.25, 0.3) is 5.91 Å². The quantitative estimate of drug-likeness (QED) is 0.301. The summed E-state index contributed by atoms with van der Waals surface area (Å²) in [6, 6.07) is 10.9. The summed E-state index contributed by atoms with van der Waals surface area (Å²) in [5.74, 6) is -0.353. The molecule has 0 bridgehead atoms. The number of H-pyrrole nitrogens is 1. The lowest BCUT2D eigenvalue weighted by Crippen LogP contribution is -2.41. The fraction of sp³-hybridized carbons (Fsp3) is 0.484. The first-order chi connectivity index (χ1) is 18.7. The van der Waals surface area contributed by atoms with Gasteiger partial charge in [-0.1, -0.05) is 26.0 Å². The lowest BCUT2D eigenvalue weighted by molar-refractivity contribution is -0.139. The van der Waals surface area contributed by atoms with Crippen LogP contribution in [0.4, 0.5) is 0 Å². The highest BCUT2D eigenvalue weighted by molar-refractivity contribution is 5.96. The minimum Gasteiger partial charge on any atom is -0.496 e. The molecule has 0 spiro atoms. The number of amides is 1. The maximum Gasteiger partial charge on any atom is 0.326 e. The molecule has 1 saturated heterocycles. The molecule has 1 fully saturated rings. The Kier molecular flexibility index (Phi) is 9.30. The highest BCUT2D eigenvalue weighted by Crippen LogP contribution is 2.38. The number of fused-ring (bicyclic) bond motifs is 1. The zero-order valence-corrected chi connectivity index (χ0v) is 23.6. The fourth-order valence-electron chi connectivity index (χ4n) is 5.68. The van der Waals surface area contributed by atoms with E-state index in [0.29, 0.717) is 18.6 Å². The molecule has 2 aromatic carbocycles. The second-order valence-electron chi connectivity index (χ2n) is 10.8. The van der Waals surface area contributed by atoms with Crippen molar-refractivity contribution < 1.29 is 24.2 Å². The average molecular weight is 536 g/mol. The van der Waals surface area contributed by atoms with Crippen molar-refractivity contribution in [3.63, 3.8) is 0 Å². The zero-order valence-electron chi connectivity index (χ0n) is 23.6. The number of aryl methyl sites for hydroxylation is 1. The van der Waals surface area contributed by atoms with E-state index < -0.39 is 12.0 Å². The van der Waals surface area contributed by atoms with E-state index in [4.69, 9.17) is 9.47 Å². The predicted octanol–water partition coefficient (Wildman–Crippen LogP) is 5.46. The van der Waals surface area contributed by atoms with Crippen molar-refractivity contribution in [3.05, 3.63) is 64.8 Å². The number of hydrogen-bond acceptors (Lipinski definition) is 5. The van der Waals surface area contributed by atoms with Crippen molar-refractivity contribution in [1.82, 2.24) is 15.2 Å². The Labute approximate surface area is 230 Å². The van der Waals surface area contributed by atoms with E-state index >= 15 is 0 Å². The number of carbonyl (C=O) groups excluding carboxylic acids is 1. The normalized spacial score (nSPS) is 18.8. The van der Waals surface area contributed by atoms with Crippen LogP contribution in [0.25, 0.3) is 10.9 Å². The van der Waals surface area contributed by atoms with Crippen LogP contribution >= 0.6 is 0 Å². The molecule has 8 nitrogen and oxygen atoms in total. The molecule has 0 radical (unpaired) electrons. The molecule has 1 aromatic heterocycles. The number of carbonyl (C=O) groups is 2. The van der Waals surface area contributed by atoms with Gasteiger partial charge in [-0.05, 0) is 74.4 Å². The third kappa shape index (κ3) is 6.62. The number of likely N-dealkylation sites (tertiary alicyclic amines) is 1. The summed E-state index contributed by atoms with van der Waals surface area (Å²) in [7, 11) is 1.72. The number of benzene rings is 2. The number of carboxylic acids is 1. The molecule has 1 aliphatic heterocycles. The summed E-state index contributed by atoms with van der Waals surface area (Å²) in [6.45, 7) is 10.3. The molecular weight excluding hydrogens is 494 g/mol. The van der Waals surface area contributed by atoms with Gasteiger partial charge in [-0.2, -0.15) is 0 Å². The van der Waals surface area contributed by atoms with Crippen LogP contribution in [0.3, 0.4) is 0 Å². The van der Waals surface area contributed by atoms with Crippen LogP contribution in [-0.2, 0) is 16.1 Å². The molecule has 39 heavy (non-hydrogen) atoms. The maximum absolute atomic E-state index is 12.8. The first-order valence-corrected chi connectivity index (χ1v) is 13.8. The highest BCUT2D eigenvalue weighted by atomic mass is 16.5. The Balaban J connectivity index is 1.59. The largest absolute Gasteiger partial charge is 0.496 e. The number of ether oxygens (including phenoxy) is 2. The third-order valence-corrected chi connectivity index (χ3v) is 7.63. The Morgan fingerprint density at radius 2 is 1.95 bits per heavy atom. The predicted molar refractivity (Wildman–Crippen MR) is 152 cm³/mol. The lowest BCUT2D eigenvalue weighted by Gasteiger charge is -2.40. The second-order valence-corrected chi connectivity index (χ2v) is 10.8. The molecule has 3 aromatic rings. The van der Waals surface area contributed by atoms with Gasteiger partial charge in [0.15, 0.2) is 0 Å². The molecular formula is C31H41N3O5. The Morgan fingerprint density at radius 1 is 1.21 bits per heavy atom. The summed E-state index contributed by atoms with van der Waals surface area (Å²) >= 11 is 0. The van der Waals surface area contributed by atoms with Gasteiger partial charge in [-0.3, -0.25) is 9.69 Å². The molecule has 210 valence electrons. The number of aromatic nitrogens is 1. The van der Waals surface area contributed by atoms with Gasteiger partial charge in [0, 0.05) is 54.0 Å². The van der Waals surface area contributed by atoms with Crippen LogP contribution in [0.1, 0.15) is 73.1 Å². The summed E-state index contributed by atoms with van der Waals surface area (Å²) in [4.78, 5) is 30.3. The van der Waals surface area contributed by atoms with Crippen LogP contribution in [0.5, 0.6) is 5.75 Å². The van der Waals surface area contributed by atoms with Crippen LogP contribution < -0.4 is 10.1 Å². The van der Waals surface area contributed by atoms with E-state index in [1.807, 2.05) is 39.1 Å². The van der Waals surface area contributed by atoms with Gasteiger partial charge in [0.05, 0.1) is 13.2 Å². The number of rotatable bonds is 11. The molecule has 4 rings (SSSR count). The van der Waals surface area contributed by atoms with Crippen LogP contribution in [0.2, 0.25) is 0 Å². The number of piperidine rings is 1. The maximum atomic E-state index is 12.8. The van der Waals surface area contributed by atoms with Gasteiger partial charge in [0.2, 0.25) is 0 Å². The number of nitrogens with one attached hydrogen (secondary N) is 2. The number of aromatic amines is 1. The molecule has 0 unspecified atom stereocenters.